The number of fused-ring (bicyclic) bond motifs is 3. The number of anilines is 2. The Hall–Kier alpha value is -3.17. The fourth-order valence-corrected chi connectivity index (χ4v) is 8.14. The van der Waals surface area contributed by atoms with Crippen LogP contribution in [0.4, 0.5) is 14.5 Å². The van der Waals surface area contributed by atoms with Gasteiger partial charge in [0.05, 0.1) is 14.9 Å². The standard InChI is InChI=1S/C28H21FN4S3/c29-19-9-6-12-22-25(19)31-28(36-22)32-27-24(26-30-20-10-4-5-11-21(20)34-26)18-13-14-33(16-23(18)35-27)15-17-7-2-1-3-8-17/h1-12H,13-16H2,(H,31,32). The van der Waals surface area contributed by atoms with Crippen LogP contribution >= 0.6 is 34.0 Å². The summed E-state index contributed by atoms with van der Waals surface area (Å²) in [6, 6.07) is 24.0. The van der Waals surface area contributed by atoms with E-state index in [2.05, 4.69) is 63.7 Å². The van der Waals surface area contributed by atoms with Crippen molar-refractivity contribution in [1.82, 2.24) is 14.9 Å². The summed E-state index contributed by atoms with van der Waals surface area (Å²) in [5.74, 6) is -0.287. The van der Waals surface area contributed by atoms with Crippen LogP contribution in [-0.2, 0) is 19.5 Å². The molecule has 0 atom stereocenters. The van der Waals surface area contributed by atoms with Crippen LogP contribution in [0, 0.1) is 5.82 Å². The molecule has 3 aromatic carbocycles. The molecular formula is C28H21FN4S3. The summed E-state index contributed by atoms with van der Waals surface area (Å²) in [7, 11) is 0. The Morgan fingerprint density at radius 3 is 2.56 bits per heavy atom. The summed E-state index contributed by atoms with van der Waals surface area (Å²) in [4.78, 5) is 13.4. The highest BCUT2D eigenvalue weighted by Gasteiger charge is 2.27. The maximum Gasteiger partial charge on any atom is 0.189 e. The van der Waals surface area contributed by atoms with E-state index in [0.29, 0.717) is 10.6 Å². The molecule has 0 unspecified atom stereocenters. The molecule has 1 N–H and O–H groups in total. The van der Waals surface area contributed by atoms with Crippen LogP contribution in [0.15, 0.2) is 72.8 Å². The van der Waals surface area contributed by atoms with Crippen LogP contribution in [-0.4, -0.2) is 21.4 Å². The predicted octanol–water partition coefficient (Wildman–Crippen LogP) is 8.08. The highest BCUT2D eigenvalue weighted by atomic mass is 32.1. The van der Waals surface area contributed by atoms with Gasteiger partial charge in [-0.3, -0.25) is 4.90 Å². The molecule has 6 aromatic rings. The monoisotopic (exact) mass is 528 g/mol. The van der Waals surface area contributed by atoms with Crippen molar-refractivity contribution in [2.75, 3.05) is 11.9 Å². The number of aromatic nitrogens is 2. The fraction of sp³-hybridized carbons (Fsp3) is 0.143. The van der Waals surface area contributed by atoms with E-state index in [1.165, 1.54) is 43.7 Å². The maximum absolute atomic E-state index is 14.3. The first kappa shape index (κ1) is 22.1. The van der Waals surface area contributed by atoms with Crippen LogP contribution in [0.3, 0.4) is 0 Å². The number of benzene rings is 3. The number of nitrogens with zero attached hydrogens (tertiary/aromatic N) is 3. The lowest BCUT2D eigenvalue weighted by atomic mass is 10.0. The SMILES string of the molecule is Fc1cccc2sc(Nc3sc4c(c3-c3nc5ccccc5s3)CCN(Cc3ccccc3)C4)nc12. The van der Waals surface area contributed by atoms with Gasteiger partial charge in [0.15, 0.2) is 5.13 Å². The Balaban J connectivity index is 1.29. The van der Waals surface area contributed by atoms with Crippen molar-refractivity contribution in [1.29, 1.82) is 0 Å². The quantitative estimate of drug-likeness (QED) is 0.246. The fourth-order valence-electron chi connectivity index (χ4n) is 4.79. The molecule has 0 saturated carbocycles. The second kappa shape index (κ2) is 9.05. The number of hydrogen-bond acceptors (Lipinski definition) is 7. The highest BCUT2D eigenvalue weighted by molar-refractivity contribution is 7.24. The third kappa shape index (κ3) is 4.00. The second-order valence-corrected chi connectivity index (χ2v) is 12.0. The van der Waals surface area contributed by atoms with Gasteiger partial charge in [-0.05, 0) is 41.8 Å². The van der Waals surface area contributed by atoms with E-state index in [9.17, 15) is 4.39 Å². The average molecular weight is 529 g/mol. The molecule has 178 valence electrons. The van der Waals surface area contributed by atoms with E-state index in [4.69, 9.17) is 4.98 Å². The zero-order valence-corrected chi connectivity index (χ0v) is 21.7. The van der Waals surface area contributed by atoms with Gasteiger partial charge in [-0.15, -0.1) is 22.7 Å². The third-order valence-corrected chi connectivity index (χ3v) is 9.61. The normalized spacial score (nSPS) is 13.9. The van der Waals surface area contributed by atoms with Crippen molar-refractivity contribution in [3.63, 3.8) is 0 Å². The topological polar surface area (TPSA) is 41.1 Å². The summed E-state index contributed by atoms with van der Waals surface area (Å²) in [6.45, 7) is 2.85. The lowest BCUT2D eigenvalue weighted by molar-refractivity contribution is 0.249. The van der Waals surface area contributed by atoms with Gasteiger partial charge in [0.2, 0.25) is 0 Å². The van der Waals surface area contributed by atoms with Crippen LogP contribution in [0.2, 0.25) is 0 Å². The molecule has 0 fully saturated rings. The van der Waals surface area contributed by atoms with Gasteiger partial charge in [0.25, 0.3) is 0 Å². The molecule has 0 aliphatic carbocycles. The number of nitrogens with one attached hydrogen (secondary N) is 1. The molecule has 1 aliphatic rings. The second-order valence-electron chi connectivity index (χ2n) is 8.87. The number of halogens is 1. The van der Waals surface area contributed by atoms with Crippen LogP contribution in [0.1, 0.15) is 16.0 Å². The largest absolute Gasteiger partial charge is 0.323 e. The summed E-state index contributed by atoms with van der Waals surface area (Å²) in [5.41, 5.74) is 5.32. The number of thiazole rings is 2. The first-order valence-corrected chi connectivity index (χ1v) is 14.2. The predicted molar refractivity (Wildman–Crippen MR) is 150 cm³/mol. The number of rotatable bonds is 5. The lowest BCUT2D eigenvalue weighted by Crippen LogP contribution is -2.29. The Morgan fingerprint density at radius 1 is 0.861 bits per heavy atom. The van der Waals surface area contributed by atoms with Gasteiger partial charge in [0.1, 0.15) is 21.3 Å². The molecule has 0 bridgehead atoms. The van der Waals surface area contributed by atoms with E-state index in [-0.39, 0.29) is 5.82 Å². The van der Waals surface area contributed by atoms with E-state index >= 15 is 0 Å². The van der Waals surface area contributed by atoms with Gasteiger partial charge >= 0.3 is 0 Å². The maximum atomic E-state index is 14.3. The minimum absolute atomic E-state index is 0.287. The van der Waals surface area contributed by atoms with Crippen molar-refractivity contribution < 1.29 is 4.39 Å². The lowest BCUT2D eigenvalue weighted by Gasteiger charge is -2.27. The van der Waals surface area contributed by atoms with Crippen LogP contribution in [0.5, 0.6) is 0 Å². The number of hydrogen-bond donors (Lipinski definition) is 1. The van der Waals surface area contributed by atoms with E-state index in [0.717, 1.165) is 46.3 Å². The van der Waals surface area contributed by atoms with Crippen molar-refractivity contribution in [2.24, 2.45) is 0 Å². The summed E-state index contributed by atoms with van der Waals surface area (Å²) >= 11 is 4.99. The van der Waals surface area contributed by atoms with Crippen LogP contribution in [0.25, 0.3) is 31.0 Å². The Labute approximate surface area is 219 Å². The molecule has 0 radical (unpaired) electrons. The number of para-hydroxylation sites is 2. The van der Waals surface area contributed by atoms with Crippen molar-refractivity contribution in [3.05, 3.63) is 94.6 Å². The van der Waals surface area contributed by atoms with Crippen molar-refractivity contribution >= 4 is 64.6 Å². The molecule has 4 heterocycles. The first-order chi connectivity index (χ1) is 17.7. The first-order valence-electron chi connectivity index (χ1n) is 11.8. The van der Waals surface area contributed by atoms with E-state index in [1.54, 1.807) is 28.7 Å². The van der Waals surface area contributed by atoms with E-state index in [1.807, 2.05) is 12.1 Å². The summed E-state index contributed by atoms with van der Waals surface area (Å²) in [6.07, 6.45) is 0.972. The van der Waals surface area contributed by atoms with Gasteiger partial charge < -0.3 is 5.32 Å². The van der Waals surface area contributed by atoms with E-state index < -0.39 is 0 Å². The zero-order chi connectivity index (χ0) is 24.1. The Kier molecular flexibility index (Phi) is 5.54. The third-order valence-electron chi connectivity index (χ3n) is 6.48. The van der Waals surface area contributed by atoms with Crippen molar-refractivity contribution in [3.8, 4) is 10.6 Å². The zero-order valence-electron chi connectivity index (χ0n) is 19.2. The minimum atomic E-state index is -0.287. The molecule has 8 heteroatoms. The smallest absolute Gasteiger partial charge is 0.189 e. The molecule has 4 nitrogen and oxygen atoms in total. The molecule has 36 heavy (non-hydrogen) atoms. The summed E-state index contributed by atoms with van der Waals surface area (Å²) in [5, 5.41) is 6.34. The Bertz CT molecular complexity index is 1670. The van der Waals surface area contributed by atoms with Crippen molar-refractivity contribution in [2.45, 2.75) is 19.5 Å². The average Bonchev–Trinajstić information content (AvgIpc) is 3.59. The minimum Gasteiger partial charge on any atom is -0.323 e. The highest BCUT2D eigenvalue weighted by Crippen LogP contribution is 2.47. The summed E-state index contributed by atoms with van der Waals surface area (Å²) < 4.78 is 16.3. The molecule has 0 spiro atoms. The van der Waals surface area contributed by atoms with Gasteiger partial charge in [-0.1, -0.05) is 59.9 Å². The molecule has 7 rings (SSSR count). The molecule has 3 aromatic heterocycles. The van der Waals surface area contributed by atoms with Gasteiger partial charge in [-0.25, -0.2) is 14.4 Å². The van der Waals surface area contributed by atoms with Gasteiger partial charge in [-0.2, -0.15) is 0 Å². The Morgan fingerprint density at radius 2 is 1.69 bits per heavy atom. The number of thiophene rings is 1. The molecule has 1 aliphatic heterocycles. The van der Waals surface area contributed by atoms with Crippen LogP contribution < -0.4 is 5.32 Å². The molecular weight excluding hydrogens is 508 g/mol. The van der Waals surface area contributed by atoms with Gasteiger partial charge in [0, 0.05) is 30.1 Å². The molecule has 0 saturated heterocycles. The molecule has 0 amide bonds.